The summed E-state index contributed by atoms with van der Waals surface area (Å²) in [4.78, 5) is 16.0. The first kappa shape index (κ1) is 11.5. The molecular formula is C11H13BrN2O2. The van der Waals surface area contributed by atoms with E-state index in [0.29, 0.717) is 12.4 Å². The topological polar surface area (TPSA) is 51.2 Å². The second-order valence-electron chi connectivity index (χ2n) is 3.75. The molecule has 1 aliphatic rings. The highest BCUT2D eigenvalue weighted by atomic mass is 79.9. The molecule has 1 amide bonds. The summed E-state index contributed by atoms with van der Waals surface area (Å²) in [6, 6.07) is 3.64. The number of carbonyl (C=O) groups excluding carboxylic acids is 1. The first-order valence-corrected chi connectivity index (χ1v) is 6.02. The monoisotopic (exact) mass is 284 g/mol. The number of ether oxygens (including phenoxy) is 1. The number of amides is 1. The second-order valence-corrected chi connectivity index (χ2v) is 4.61. The van der Waals surface area contributed by atoms with E-state index in [1.54, 1.807) is 6.07 Å². The van der Waals surface area contributed by atoms with Crippen molar-refractivity contribution in [1.29, 1.82) is 0 Å². The number of aryl methyl sites for hydroxylation is 1. The summed E-state index contributed by atoms with van der Waals surface area (Å²) in [5.74, 6) is 0.466. The van der Waals surface area contributed by atoms with Crippen molar-refractivity contribution in [2.75, 3.05) is 11.9 Å². The zero-order valence-corrected chi connectivity index (χ0v) is 10.6. The van der Waals surface area contributed by atoms with Crippen LogP contribution in [-0.4, -0.2) is 23.6 Å². The number of nitrogens with zero attached hydrogens (tertiary/aromatic N) is 1. The highest BCUT2D eigenvalue weighted by Crippen LogP contribution is 2.18. The molecule has 0 bridgehead atoms. The maximum Gasteiger partial charge on any atom is 0.254 e. The SMILES string of the molecule is Cc1nc(NC(=O)C2CCCO2)ccc1Br. The zero-order chi connectivity index (χ0) is 11.5. The standard InChI is InChI=1S/C11H13BrN2O2/c1-7-8(12)4-5-10(13-7)14-11(15)9-3-2-6-16-9/h4-5,9H,2-3,6H2,1H3,(H,13,14,15). The number of aromatic nitrogens is 1. The Labute approximate surface area is 103 Å². The Balaban J connectivity index is 2.02. The molecular weight excluding hydrogens is 272 g/mol. The second kappa shape index (κ2) is 4.93. The van der Waals surface area contributed by atoms with Crippen LogP contribution in [0.25, 0.3) is 0 Å². The maximum atomic E-state index is 11.7. The first-order valence-electron chi connectivity index (χ1n) is 5.22. The van der Waals surface area contributed by atoms with Crippen LogP contribution in [0.1, 0.15) is 18.5 Å². The van der Waals surface area contributed by atoms with Crippen LogP contribution in [0, 0.1) is 6.92 Å². The lowest BCUT2D eigenvalue weighted by Crippen LogP contribution is -2.27. The highest BCUT2D eigenvalue weighted by Gasteiger charge is 2.23. The van der Waals surface area contributed by atoms with Gasteiger partial charge in [0.05, 0.1) is 5.69 Å². The van der Waals surface area contributed by atoms with E-state index in [9.17, 15) is 4.79 Å². The number of rotatable bonds is 2. The smallest absolute Gasteiger partial charge is 0.254 e. The Kier molecular flexibility index (Phi) is 3.56. The summed E-state index contributed by atoms with van der Waals surface area (Å²) in [7, 11) is 0. The van der Waals surface area contributed by atoms with Crippen molar-refractivity contribution < 1.29 is 9.53 Å². The number of hydrogen-bond acceptors (Lipinski definition) is 3. The minimum absolute atomic E-state index is 0.105. The van der Waals surface area contributed by atoms with Crippen LogP contribution < -0.4 is 5.32 Å². The van der Waals surface area contributed by atoms with E-state index < -0.39 is 0 Å². The molecule has 2 heterocycles. The van der Waals surface area contributed by atoms with E-state index in [0.717, 1.165) is 23.0 Å². The van der Waals surface area contributed by atoms with Gasteiger partial charge in [0.1, 0.15) is 11.9 Å². The van der Waals surface area contributed by atoms with Gasteiger partial charge in [-0.1, -0.05) is 0 Å². The van der Waals surface area contributed by atoms with Gasteiger partial charge in [-0.25, -0.2) is 4.98 Å². The van der Waals surface area contributed by atoms with Gasteiger partial charge in [-0.15, -0.1) is 0 Å². The molecule has 1 unspecified atom stereocenters. The summed E-state index contributed by atoms with van der Waals surface area (Å²) in [6.07, 6.45) is 1.43. The fourth-order valence-corrected chi connectivity index (χ4v) is 1.83. The normalized spacial score (nSPS) is 19.8. The Morgan fingerprint density at radius 2 is 2.44 bits per heavy atom. The Bertz CT molecular complexity index is 403. The Morgan fingerprint density at radius 1 is 1.62 bits per heavy atom. The third-order valence-electron chi connectivity index (χ3n) is 2.49. The van der Waals surface area contributed by atoms with Crippen molar-refractivity contribution in [2.45, 2.75) is 25.9 Å². The van der Waals surface area contributed by atoms with E-state index in [2.05, 4.69) is 26.2 Å². The quantitative estimate of drug-likeness (QED) is 0.907. The molecule has 86 valence electrons. The minimum Gasteiger partial charge on any atom is -0.368 e. The average Bonchev–Trinajstić information content (AvgIpc) is 2.77. The molecule has 0 aromatic carbocycles. The number of anilines is 1. The number of nitrogens with one attached hydrogen (secondary N) is 1. The van der Waals surface area contributed by atoms with Crippen molar-refractivity contribution in [2.24, 2.45) is 0 Å². The molecule has 1 aromatic rings. The van der Waals surface area contributed by atoms with Crippen molar-refractivity contribution in [3.8, 4) is 0 Å². The predicted molar refractivity (Wildman–Crippen MR) is 64.3 cm³/mol. The molecule has 1 aromatic heterocycles. The summed E-state index contributed by atoms with van der Waals surface area (Å²) in [5, 5.41) is 2.76. The first-order chi connectivity index (χ1) is 7.66. The maximum absolute atomic E-state index is 11.7. The number of hydrogen-bond donors (Lipinski definition) is 1. The average molecular weight is 285 g/mol. The van der Waals surface area contributed by atoms with E-state index in [-0.39, 0.29) is 12.0 Å². The van der Waals surface area contributed by atoms with Gasteiger partial charge in [-0.3, -0.25) is 4.79 Å². The molecule has 1 aliphatic heterocycles. The van der Waals surface area contributed by atoms with Gasteiger partial charge in [0.15, 0.2) is 0 Å². The van der Waals surface area contributed by atoms with E-state index in [1.807, 2.05) is 13.0 Å². The predicted octanol–water partition coefficient (Wildman–Crippen LogP) is 2.27. The summed E-state index contributed by atoms with van der Waals surface area (Å²) in [6.45, 7) is 2.55. The van der Waals surface area contributed by atoms with Crippen molar-refractivity contribution in [3.63, 3.8) is 0 Å². The van der Waals surface area contributed by atoms with Gasteiger partial charge in [0, 0.05) is 11.1 Å². The van der Waals surface area contributed by atoms with E-state index in [4.69, 9.17) is 4.74 Å². The summed E-state index contributed by atoms with van der Waals surface area (Å²) < 4.78 is 6.22. The van der Waals surface area contributed by atoms with Gasteiger partial charge >= 0.3 is 0 Å². The van der Waals surface area contributed by atoms with Gasteiger partial charge in [-0.2, -0.15) is 0 Å². The third kappa shape index (κ3) is 2.59. The number of halogens is 1. The molecule has 1 saturated heterocycles. The minimum atomic E-state index is -0.314. The molecule has 1 N–H and O–H groups in total. The van der Waals surface area contributed by atoms with Crippen LogP contribution in [0.3, 0.4) is 0 Å². The van der Waals surface area contributed by atoms with Crippen molar-refractivity contribution in [3.05, 3.63) is 22.3 Å². The lowest BCUT2D eigenvalue weighted by molar-refractivity contribution is -0.124. The zero-order valence-electron chi connectivity index (χ0n) is 9.00. The molecule has 1 atom stereocenters. The number of pyridine rings is 1. The van der Waals surface area contributed by atoms with Crippen molar-refractivity contribution in [1.82, 2.24) is 4.98 Å². The fraction of sp³-hybridized carbons (Fsp3) is 0.455. The molecule has 0 radical (unpaired) electrons. The molecule has 2 rings (SSSR count). The van der Waals surface area contributed by atoms with E-state index >= 15 is 0 Å². The summed E-state index contributed by atoms with van der Waals surface area (Å²) >= 11 is 3.36. The van der Waals surface area contributed by atoms with Crippen molar-refractivity contribution >= 4 is 27.7 Å². The molecule has 5 heteroatoms. The number of carbonyl (C=O) groups is 1. The van der Waals surface area contributed by atoms with Crippen LogP contribution in [0.2, 0.25) is 0 Å². The van der Waals surface area contributed by atoms with Crippen LogP contribution in [-0.2, 0) is 9.53 Å². The Morgan fingerprint density at radius 3 is 3.06 bits per heavy atom. The van der Waals surface area contributed by atoms with Gasteiger partial charge in [0.2, 0.25) is 0 Å². The molecule has 1 fully saturated rings. The van der Waals surface area contributed by atoms with Crippen LogP contribution >= 0.6 is 15.9 Å². The molecule has 4 nitrogen and oxygen atoms in total. The van der Waals surface area contributed by atoms with Crippen LogP contribution in [0.15, 0.2) is 16.6 Å². The van der Waals surface area contributed by atoms with Gasteiger partial charge in [0.25, 0.3) is 5.91 Å². The highest BCUT2D eigenvalue weighted by molar-refractivity contribution is 9.10. The van der Waals surface area contributed by atoms with Crippen LogP contribution in [0.5, 0.6) is 0 Å². The molecule has 16 heavy (non-hydrogen) atoms. The lowest BCUT2D eigenvalue weighted by Gasteiger charge is -2.10. The summed E-state index contributed by atoms with van der Waals surface area (Å²) in [5.41, 5.74) is 0.852. The lowest BCUT2D eigenvalue weighted by atomic mass is 10.2. The third-order valence-corrected chi connectivity index (χ3v) is 3.33. The van der Waals surface area contributed by atoms with Crippen LogP contribution in [0.4, 0.5) is 5.82 Å². The van der Waals surface area contributed by atoms with E-state index in [1.165, 1.54) is 0 Å². The largest absolute Gasteiger partial charge is 0.368 e. The Hall–Kier alpha value is -0.940. The molecule has 0 saturated carbocycles. The van der Waals surface area contributed by atoms with Gasteiger partial charge in [-0.05, 0) is 47.8 Å². The van der Waals surface area contributed by atoms with Gasteiger partial charge < -0.3 is 10.1 Å². The molecule has 0 aliphatic carbocycles. The fourth-order valence-electron chi connectivity index (χ4n) is 1.60. The molecule has 0 spiro atoms.